The number of rotatable bonds is 7. The van der Waals surface area contributed by atoms with Crippen molar-refractivity contribution in [3.05, 3.63) is 78.4 Å². The van der Waals surface area contributed by atoms with Gasteiger partial charge in [0.05, 0.1) is 47.4 Å². The van der Waals surface area contributed by atoms with Crippen molar-refractivity contribution in [2.75, 3.05) is 10.6 Å². The van der Waals surface area contributed by atoms with Crippen LogP contribution in [0.3, 0.4) is 0 Å². The molecule has 0 spiro atoms. The Morgan fingerprint density at radius 3 is 2.43 bits per heavy atom. The van der Waals surface area contributed by atoms with Gasteiger partial charge in [-0.2, -0.15) is 10.4 Å². The van der Waals surface area contributed by atoms with Gasteiger partial charge in [0.25, 0.3) is 0 Å². The Bertz CT molecular complexity index is 1390. The maximum absolute atomic E-state index is 14.7. The van der Waals surface area contributed by atoms with Gasteiger partial charge in [0.1, 0.15) is 5.82 Å². The summed E-state index contributed by atoms with van der Waals surface area (Å²) < 4.78 is 16.4. The number of nitriles is 1. The number of carbonyl (C=O) groups is 1. The quantitative estimate of drug-likeness (QED) is 0.416. The highest BCUT2D eigenvalue weighted by molar-refractivity contribution is 5.92. The lowest BCUT2D eigenvalue weighted by atomic mass is 9.91. The number of aromatic nitrogens is 5. The van der Waals surface area contributed by atoms with E-state index >= 15 is 0 Å². The van der Waals surface area contributed by atoms with Crippen molar-refractivity contribution < 1.29 is 9.18 Å². The lowest BCUT2D eigenvalue weighted by molar-refractivity contribution is -0.115. The number of carbonyl (C=O) groups excluding carboxylic acids is 1. The van der Waals surface area contributed by atoms with Crippen molar-refractivity contribution >= 4 is 23.2 Å². The molecule has 4 rings (SSSR count). The second kappa shape index (κ2) is 9.69. The second-order valence-electron chi connectivity index (χ2n) is 8.52. The number of hydrogen-bond acceptors (Lipinski definition) is 7. The molecule has 0 aliphatic carbocycles. The van der Waals surface area contributed by atoms with E-state index in [1.807, 2.05) is 7.05 Å². The number of anilines is 3. The Kier molecular flexibility index (Phi) is 6.51. The molecule has 3 aromatic heterocycles. The SMILES string of the molecule is Cn1cc(Nc2ncc(-c3ccc(CC(=O)Nc4ccc(C(C)(C)C#N)nc4)c(F)c3)cn2)cn1. The normalized spacial score (nSPS) is 11.1. The molecule has 3 heterocycles. The average molecular weight is 471 g/mol. The molecule has 0 fully saturated rings. The predicted octanol–water partition coefficient (Wildman–Crippen LogP) is 4.14. The zero-order chi connectivity index (χ0) is 25.0. The molecule has 4 aromatic rings. The molecule has 0 saturated heterocycles. The van der Waals surface area contributed by atoms with Gasteiger partial charge in [0, 0.05) is 31.2 Å². The van der Waals surface area contributed by atoms with Gasteiger partial charge in [-0.3, -0.25) is 14.5 Å². The summed E-state index contributed by atoms with van der Waals surface area (Å²) in [6.07, 6.45) is 7.99. The Labute approximate surface area is 201 Å². The van der Waals surface area contributed by atoms with Crippen molar-refractivity contribution in [2.45, 2.75) is 25.7 Å². The molecule has 0 unspecified atom stereocenters. The Morgan fingerprint density at radius 1 is 1.06 bits per heavy atom. The van der Waals surface area contributed by atoms with Gasteiger partial charge < -0.3 is 10.6 Å². The molecule has 1 aromatic carbocycles. The van der Waals surface area contributed by atoms with Crippen LogP contribution < -0.4 is 10.6 Å². The minimum atomic E-state index is -0.728. The van der Waals surface area contributed by atoms with Gasteiger partial charge in [-0.1, -0.05) is 12.1 Å². The van der Waals surface area contributed by atoms with E-state index in [1.54, 1.807) is 67.6 Å². The zero-order valence-electron chi connectivity index (χ0n) is 19.5. The van der Waals surface area contributed by atoms with Crippen molar-refractivity contribution in [3.63, 3.8) is 0 Å². The predicted molar refractivity (Wildman–Crippen MR) is 129 cm³/mol. The lowest BCUT2D eigenvalue weighted by Crippen LogP contribution is -2.18. The molecule has 0 aliphatic heterocycles. The lowest BCUT2D eigenvalue weighted by Gasteiger charge is -2.14. The first-order valence-corrected chi connectivity index (χ1v) is 10.8. The van der Waals surface area contributed by atoms with E-state index in [4.69, 9.17) is 0 Å². The van der Waals surface area contributed by atoms with E-state index in [0.29, 0.717) is 28.5 Å². The maximum Gasteiger partial charge on any atom is 0.228 e. The maximum atomic E-state index is 14.7. The summed E-state index contributed by atoms with van der Waals surface area (Å²) in [6.45, 7) is 3.53. The van der Waals surface area contributed by atoms with Crippen LogP contribution in [0.5, 0.6) is 0 Å². The van der Waals surface area contributed by atoms with Gasteiger partial charge in [-0.05, 0) is 43.2 Å². The van der Waals surface area contributed by atoms with Crippen LogP contribution in [-0.2, 0) is 23.7 Å². The summed E-state index contributed by atoms with van der Waals surface area (Å²) >= 11 is 0. The van der Waals surface area contributed by atoms with Gasteiger partial charge in [-0.15, -0.1) is 0 Å². The van der Waals surface area contributed by atoms with E-state index in [1.165, 1.54) is 12.3 Å². The first-order valence-electron chi connectivity index (χ1n) is 10.8. The number of aryl methyl sites for hydroxylation is 1. The van der Waals surface area contributed by atoms with Crippen molar-refractivity contribution in [1.29, 1.82) is 5.26 Å². The third-order valence-corrected chi connectivity index (χ3v) is 5.32. The van der Waals surface area contributed by atoms with Crippen LogP contribution in [-0.4, -0.2) is 30.6 Å². The fourth-order valence-corrected chi connectivity index (χ4v) is 3.30. The third kappa shape index (κ3) is 5.65. The average Bonchev–Trinajstić information content (AvgIpc) is 3.25. The highest BCUT2D eigenvalue weighted by Gasteiger charge is 2.21. The first-order chi connectivity index (χ1) is 16.7. The molecule has 9 nitrogen and oxygen atoms in total. The number of hydrogen-bond donors (Lipinski definition) is 2. The van der Waals surface area contributed by atoms with Gasteiger partial charge in [0.2, 0.25) is 11.9 Å². The van der Waals surface area contributed by atoms with Crippen LogP contribution in [0.15, 0.2) is 61.3 Å². The highest BCUT2D eigenvalue weighted by Crippen LogP contribution is 2.23. The fourth-order valence-electron chi connectivity index (χ4n) is 3.30. The van der Waals surface area contributed by atoms with Crippen LogP contribution >= 0.6 is 0 Å². The number of nitrogens with zero attached hydrogens (tertiary/aromatic N) is 6. The number of halogens is 1. The minimum Gasteiger partial charge on any atom is -0.324 e. The monoisotopic (exact) mass is 470 g/mol. The molecule has 1 amide bonds. The summed E-state index contributed by atoms with van der Waals surface area (Å²) in [6, 6.07) is 10.2. The van der Waals surface area contributed by atoms with E-state index in [0.717, 1.165) is 5.69 Å². The molecule has 176 valence electrons. The van der Waals surface area contributed by atoms with Crippen molar-refractivity contribution in [1.82, 2.24) is 24.7 Å². The summed E-state index contributed by atoms with van der Waals surface area (Å²) in [4.78, 5) is 25.2. The number of nitrogens with one attached hydrogen (secondary N) is 2. The summed E-state index contributed by atoms with van der Waals surface area (Å²) in [5.41, 5.74) is 2.60. The van der Waals surface area contributed by atoms with E-state index in [-0.39, 0.29) is 17.9 Å². The fraction of sp³-hybridized carbons (Fsp3) is 0.200. The summed E-state index contributed by atoms with van der Waals surface area (Å²) in [7, 11) is 1.81. The van der Waals surface area contributed by atoms with E-state index in [2.05, 4.69) is 36.8 Å². The molecule has 10 heteroatoms. The van der Waals surface area contributed by atoms with E-state index in [9.17, 15) is 14.4 Å². The van der Waals surface area contributed by atoms with Gasteiger partial charge >= 0.3 is 0 Å². The van der Waals surface area contributed by atoms with Crippen molar-refractivity contribution in [3.8, 4) is 17.2 Å². The Balaban J connectivity index is 1.39. The molecule has 0 aliphatic rings. The topological polar surface area (TPSA) is 121 Å². The molecule has 0 bridgehead atoms. The minimum absolute atomic E-state index is 0.137. The van der Waals surface area contributed by atoms with Crippen LogP contribution in [0.2, 0.25) is 0 Å². The zero-order valence-corrected chi connectivity index (χ0v) is 19.5. The molecule has 0 atom stereocenters. The number of pyridine rings is 1. The van der Waals surface area contributed by atoms with Gasteiger partial charge in [0.15, 0.2) is 0 Å². The molecular formula is C25H23FN8O. The first kappa shape index (κ1) is 23.5. The van der Waals surface area contributed by atoms with Crippen LogP contribution in [0.25, 0.3) is 11.1 Å². The second-order valence-corrected chi connectivity index (χ2v) is 8.52. The Hall–Kier alpha value is -4.65. The summed E-state index contributed by atoms with van der Waals surface area (Å²) in [5, 5.41) is 19.0. The third-order valence-electron chi connectivity index (χ3n) is 5.32. The molecule has 2 N–H and O–H groups in total. The standard InChI is InChI=1S/C25H23FN8O/c1-25(2,15-27)22-7-6-19(12-28-22)32-23(35)9-17-5-4-16(8-21(17)26)18-10-29-24(30-11-18)33-20-13-31-34(3)14-20/h4-8,10-14H,9H2,1-3H3,(H,32,35)(H,29,30,33). The largest absolute Gasteiger partial charge is 0.324 e. The highest BCUT2D eigenvalue weighted by atomic mass is 19.1. The number of benzene rings is 1. The van der Waals surface area contributed by atoms with Crippen LogP contribution in [0.4, 0.5) is 21.7 Å². The smallest absolute Gasteiger partial charge is 0.228 e. The van der Waals surface area contributed by atoms with Gasteiger partial charge in [-0.25, -0.2) is 14.4 Å². The van der Waals surface area contributed by atoms with Crippen LogP contribution in [0, 0.1) is 17.1 Å². The molecule has 35 heavy (non-hydrogen) atoms. The van der Waals surface area contributed by atoms with E-state index < -0.39 is 11.2 Å². The molecule has 0 radical (unpaired) electrons. The van der Waals surface area contributed by atoms with Crippen LogP contribution in [0.1, 0.15) is 25.1 Å². The number of amides is 1. The van der Waals surface area contributed by atoms with Crippen molar-refractivity contribution in [2.24, 2.45) is 7.05 Å². The summed E-state index contributed by atoms with van der Waals surface area (Å²) in [5.74, 6) is -0.478. The Morgan fingerprint density at radius 2 is 1.83 bits per heavy atom. The molecular weight excluding hydrogens is 447 g/mol. The molecule has 0 saturated carbocycles.